The van der Waals surface area contributed by atoms with Gasteiger partial charge in [0.1, 0.15) is 11.2 Å². The third kappa shape index (κ3) is 3.04. The second-order valence-corrected chi connectivity index (χ2v) is 6.55. The van der Waals surface area contributed by atoms with Crippen molar-refractivity contribution in [1.82, 2.24) is 4.90 Å². The van der Waals surface area contributed by atoms with Gasteiger partial charge in [-0.3, -0.25) is 0 Å². The minimum Gasteiger partial charge on any atom is -0.464 e. The molecule has 0 fully saturated rings. The molecule has 3 rings (SSSR count). The summed E-state index contributed by atoms with van der Waals surface area (Å²) < 4.78 is 10.9. The van der Waals surface area contributed by atoms with Crippen LogP contribution in [0.25, 0.3) is 11.0 Å². The van der Waals surface area contributed by atoms with E-state index in [1.165, 1.54) is 11.1 Å². The van der Waals surface area contributed by atoms with Gasteiger partial charge in [-0.15, -0.1) is 0 Å². The second kappa shape index (κ2) is 5.10. The minimum absolute atomic E-state index is 0.223. The number of nitrogens with zero attached hydrogens (tertiary/aromatic N) is 1. The van der Waals surface area contributed by atoms with Crippen molar-refractivity contribution in [3.8, 4) is 0 Å². The molecule has 0 bridgehead atoms. The van der Waals surface area contributed by atoms with Crippen molar-refractivity contribution in [1.29, 1.82) is 0 Å². The molecule has 112 valence electrons. The van der Waals surface area contributed by atoms with E-state index in [1.807, 2.05) is 26.8 Å². The number of hydrogen-bond donors (Lipinski definition) is 0. The molecule has 1 aliphatic rings. The summed E-state index contributed by atoms with van der Waals surface area (Å²) >= 11 is 0. The Labute approximate surface area is 124 Å². The molecule has 0 saturated carbocycles. The van der Waals surface area contributed by atoms with Gasteiger partial charge in [0, 0.05) is 18.5 Å². The van der Waals surface area contributed by atoms with Crippen LogP contribution in [-0.4, -0.2) is 29.7 Å². The van der Waals surface area contributed by atoms with Gasteiger partial charge >= 0.3 is 6.09 Å². The van der Waals surface area contributed by atoms with Gasteiger partial charge in [0.25, 0.3) is 0 Å². The van der Waals surface area contributed by atoms with Crippen molar-refractivity contribution < 1.29 is 13.9 Å². The maximum atomic E-state index is 12.2. The lowest BCUT2D eigenvalue weighted by atomic mass is 10.0. The fraction of sp³-hybridized carbons (Fsp3) is 0.471. The number of fused-ring (bicyclic) bond motifs is 2. The van der Waals surface area contributed by atoms with Crippen molar-refractivity contribution in [3.63, 3.8) is 0 Å². The number of rotatable bonds is 0. The highest BCUT2D eigenvalue weighted by Crippen LogP contribution is 2.24. The molecule has 0 unspecified atom stereocenters. The number of carbonyl (C=O) groups is 1. The summed E-state index contributed by atoms with van der Waals surface area (Å²) in [5, 5.41) is 1.12. The van der Waals surface area contributed by atoms with E-state index in [1.54, 1.807) is 11.2 Å². The highest BCUT2D eigenvalue weighted by molar-refractivity contribution is 5.79. The third-order valence-electron chi connectivity index (χ3n) is 3.73. The topological polar surface area (TPSA) is 42.7 Å². The molecule has 0 radical (unpaired) electrons. The van der Waals surface area contributed by atoms with E-state index in [0.29, 0.717) is 13.1 Å². The highest BCUT2D eigenvalue weighted by atomic mass is 16.6. The zero-order chi connectivity index (χ0) is 15.0. The number of furan rings is 1. The molecule has 0 saturated heterocycles. The van der Waals surface area contributed by atoms with Crippen LogP contribution in [0.15, 0.2) is 28.9 Å². The number of benzene rings is 1. The molecule has 0 N–H and O–H groups in total. The van der Waals surface area contributed by atoms with Crippen molar-refractivity contribution in [3.05, 3.63) is 35.6 Å². The first-order chi connectivity index (χ1) is 9.92. The number of ether oxygens (including phenoxy) is 1. The Morgan fingerprint density at radius 2 is 1.86 bits per heavy atom. The Hall–Kier alpha value is -1.97. The summed E-state index contributed by atoms with van der Waals surface area (Å²) in [5.74, 6) is 0. The quantitative estimate of drug-likeness (QED) is 0.740. The van der Waals surface area contributed by atoms with E-state index >= 15 is 0 Å². The largest absolute Gasteiger partial charge is 0.464 e. The summed E-state index contributed by atoms with van der Waals surface area (Å²) in [6.45, 7) is 7.07. The standard InChI is InChI=1S/C17H21NO3/c1-17(2,3)21-16(19)18-7-4-12-10-14-6-9-20-15(14)11-13(12)5-8-18/h6,9-11H,4-5,7-8H2,1-3H3. The molecule has 2 aromatic rings. The maximum absolute atomic E-state index is 12.2. The van der Waals surface area contributed by atoms with Crippen LogP contribution in [0.3, 0.4) is 0 Å². The predicted molar refractivity (Wildman–Crippen MR) is 81.4 cm³/mol. The Morgan fingerprint density at radius 1 is 1.19 bits per heavy atom. The lowest BCUT2D eigenvalue weighted by molar-refractivity contribution is 0.0258. The monoisotopic (exact) mass is 287 g/mol. The van der Waals surface area contributed by atoms with Crippen LogP contribution in [0, 0.1) is 0 Å². The summed E-state index contributed by atoms with van der Waals surface area (Å²) in [5.41, 5.74) is 3.04. The molecule has 1 amide bonds. The molecule has 4 nitrogen and oxygen atoms in total. The highest BCUT2D eigenvalue weighted by Gasteiger charge is 2.24. The molecular weight excluding hydrogens is 266 g/mol. The van der Waals surface area contributed by atoms with Gasteiger partial charge in [0.15, 0.2) is 0 Å². The smallest absolute Gasteiger partial charge is 0.410 e. The summed E-state index contributed by atoms with van der Waals surface area (Å²) in [7, 11) is 0. The van der Waals surface area contributed by atoms with Gasteiger partial charge in [-0.05, 0) is 62.9 Å². The van der Waals surface area contributed by atoms with E-state index in [4.69, 9.17) is 9.15 Å². The first-order valence-electron chi connectivity index (χ1n) is 7.39. The van der Waals surface area contributed by atoms with Gasteiger partial charge in [0.05, 0.1) is 6.26 Å². The van der Waals surface area contributed by atoms with Crippen LogP contribution in [-0.2, 0) is 17.6 Å². The Balaban J connectivity index is 1.77. The van der Waals surface area contributed by atoms with Crippen LogP contribution >= 0.6 is 0 Å². The van der Waals surface area contributed by atoms with Crippen molar-refractivity contribution in [2.75, 3.05) is 13.1 Å². The number of hydrogen-bond acceptors (Lipinski definition) is 3. The van der Waals surface area contributed by atoms with Gasteiger partial charge in [-0.2, -0.15) is 0 Å². The van der Waals surface area contributed by atoms with Crippen LogP contribution in [0.1, 0.15) is 31.9 Å². The molecule has 0 spiro atoms. The van der Waals surface area contributed by atoms with Crippen molar-refractivity contribution in [2.24, 2.45) is 0 Å². The average molecular weight is 287 g/mol. The molecule has 0 atom stereocenters. The molecule has 1 aliphatic heterocycles. The van der Waals surface area contributed by atoms with Gasteiger partial charge in [0.2, 0.25) is 0 Å². The normalized spacial score (nSPS) is 15.7. The fourth-order valence-corrected chi connectivity index (χ4v) is 2.70. The molecular formula is C17H21NO3. The van der Waals surface area contributed by atoms with E-state index < -0.39 is 5.60 Å². The van der Waals surface area contributed by atoms with E-state index in [0.717, 1.165) is 23.8 Å². The average Bonchev–Trinajstić information content (AvgIpc) is 2.72. The van der Waals surface area contributed by atoms with Crippen LogP contribution < -0.4 is 0 Å². The molecule has 1 aromatic heterocycles. The molecule has 2 heterocycles. The van der Waals surface area contributed by atoms with E-state index in [2.05, 4.69) is 12.1 Å². The van der Waals surface area contributed by atoms with E-state index in [9.17, 15) is 4.79 Å². The number of carbonyl (C=O) groups excluding carboxylic acids is 1. The Morgan fingerprint density at radius 3 is 2.52 bits per heavy atom. The Bertz CT molecular complexity index is 624. The fourth-order valence-electron chi connectivity index (χ4n) is 2.70. The lowest BCUT2D eigenvalue weighted by Crippen LogP contribution is -2.38. The zero-order valence-corrected chi connectivity index (χ0v) is 12.8. The zero-order valence-electron chi connectivity index (χ0n) is 12.8. The van der Waals surface area contributed by atoms with Crippen molar-refractivity contribution in [2.45, 2.75) is 39.2 Å². The summed E-state index contributed by atoms with van der Waals surface area (Å²) in [6.07, 6.45) is 3.19. The predicted octanol–water partition coefficient (Wildman–Crippen LogP) is 3.77. The summed E-state index contributed by atoms with van der Waals surface area (Å²) in [4.78, 5) is 14.0. The molecule has 4 heteroatoms. The van der Waals surface area contributed by atoms with Gasteiger partial charge in [-0.25, -0.2) is 4.79 Å². The second-order valence-electron chi connectivity index (χ2n) is 6.55. The lowest BCUT2D eigenvalue weighted by Gasteiger charge is -2.26. The van der Waals surface area contributed by atoms with Crippen LogP contribution in [0.5, 0.6) is 0 Å². The number of amides is 1. The molecule has 0 aliphatic carbocycles. The van der Waals surface area contributed by atoms with Gasteiger partial charge in [-0.1, -0.05) is 0 Å². The molecule has 1 aromatic carbocycles. The van der Waals surface area contributed by atoms with Crippen molar-refractivity contribution >= 4 is 17.1 Å². The molecule has 21 heavy (non-hydrogen) atoms. The van der Waals surface area contributed by atoms with E-state index in [-0.39, 0.29) is 6.09 Å². The minimum atomic E-state index is -0.448. The third-order valence-corrected chi connectivity index (χ3v) is 3.73. The van der Waals surface area contributed by atoms with Crippen LogP contribution in [0.4, 0.5) is 4.79 Å². The van der Waals surface area contributed by atoms with Crippen LogP contribution in [0.2, 0.25) is 0 Å². The summed E-state index contributed by atoms with van der Waals surface area (Å²) in [6, 6.07) is 6.25. The SMILES string of the molecule is CC(C)(C)OC(=O)N1CCc2cc3ccoc3cc2CC1. The first-order valence-corrected chi connectivity index (χ1v) is 7.39. The Kier molecular flexibility index (Phi) is 3.40. The van der Waals surface area contributed by atoms with Gasteiger partial charge < -0.3 is 14.1 Å². The maximum Gasteiger partial charge on any atom is 0.410 e. The first kappa shape index (κ1) is 14.0.